The van der Waals surface area contributed by atoms with Crippen LogP contribution in [0.3, 0.4) is 0 Å². The zero-order valence-electron chi connectivity index (χ0n) is 9.55. The first-order chi connectivity index (χ1) is 6.72. The van der Waals surface area contributed by atoms with Gasteiger partial charge in [0.25, 0.3) is 0 Å². The van der Waals surface area contributed by atoms with E-state index in [0.29, 0.717) is 12.1 Å². The molecule has 2 unspecified atom stereocenters. The molecule has 0 bridgehead atoms. The van der Waals surface area contributed by atoms with E-state index in [1.54, 1.807) is 0 Å². The van der Waals surface area contributed by atoms with Crippen LogP contribution in [-0.2, 0) is 0 Å². The Morgan fingerprint density at radius 3 is 2.86 bits per heavy atom. The van der Waals surface area contributed by atoms with Crippen LogP contribution >= 0.6 is 0 Å². The average molecular weight is 193 g/mol. The zero-order valence-corrected chi connectivity index (χ0v) is 9.55. The van der Waals surface area contributed by atoms with Crippen LogP contribution in [0.4, 0.5) is 0 Å². The number of piperidine rings is 1. The molecule has 1 heteroatoms. The van der Waals surface area contributed by atoms with Gasteiger partial charge in [0.05, 0.1) is 0 Å². The Bertz CT molecular complexity index is 201. The Morgan fingerprint density at radius 2 is 2.21 bits per heavy atom. The number of allylic oxidation sites excluding steroid dienone is 2. The molecule has 0 aromatic carbocycles. The molecule has 80 valence electrons. The molecule has 1 fully saturated rings. The number of hydrogen-bond donors (Lipinski definition) is 1. The van der Waals surface area contributed by atoms with E-state index in [4.69, 9.17) is 0 Å². The lowest BCUT2D eigenvalue weighted by atomic mass is 9.94. The molecule has 0 spiro atoms. The molecular weight excluding hydrogens is 170 g/mol. The topological polar surface area (TPSA) is 12.0 Å². The lowest BCUT2D eigenvalue weighted by Crippen LogP contribution is -2.41. The van der Waals surface area contributed by atoms with Crippen LogP contribution in [0.25, 0.3) is 0 Å². The van der Waals surface area contributed by atoms with Crippen molar-refractivity contribution in [3.8, 4) is 0 Å². The smallest absolute Gasteiger partial charge is 0.0255 e. The first kappa shape index (κ1) is 11.5. The number of nitrogens with one attached hydrogen (secondary N) is 1. The van der Waals surface area contributed by atoms with Gasteiger partial charge in [-0.2, -0.15) is 0 Å². The van der Waals surface area contributed by atoms with Crippen molar-refractivity contribution in [3.63, 3.8) is 0 Å². The number of rotatable bonds is 4. The molecule has 14 heavy (non-hydrogen) atoms. The molecule has 0 aromatic rings. The van der Waals surface area contributed by atoms with Gasteiger partial charge in [-0.1, -0.05) is 24.1 Å². The minimum atomic E-state index is 0.614. The molecule has 1 heterocycles. The molecule has 0 aliphatic carbocycles. The maximum absolute atomic E-state index is 3.77. The Labute approximate surface area is 88.3 Å². The van der Waals surface area contributed by atoms with Crippen LogP contribution in [-0.4, -0.2) is 12.1 Å². The Balaban J connectivity index is 2.35. The second-order valence-electron chi connectivity index (χ2n) is 4.51. The van der Waals surface area contributed by atoms with Gasteiger partial charge in [-0.25, -0.2) is 0 Å². The highest BCUT2D eigenvalue weighted by Crippen LogP contribution is 2.17. The van der Waals surface area contributed by atoms with Gasteiger partial charge in [-0.3, -0.25) is 0 Å². The van der Waals surface area contributed by atoms with Gasteiger partial charge in [0, 0.05) is 12.1 Å². The van der Waals surface area contributed by atoms with E-state index in [-0.39, 0.29) is 0 Å². The second-order valence-corrected chi connectivity index (χ2v) is 4.51. The third kappa shape index (κ3) is 4.10. The van der Waals surface area contributed by atoms with Crippen LogP contribution in [0.15, 0.2) is 24.3 Å². The third-order valence-corrected chi connectivity index (χ3v) is 2.77. The van der Waals surface area contributed by atoms with Crippen molar-refractivity contribution in [2.24, 2.45) is 0 Å². The highest BCUT2D eigenvalue weighted by molar-refractivity contribution is 5.03. The molecular formula is C13H23N. The lowest BCUT2D eigenvalue weighted by molar-refractivity contribution is 0.341. The van der Waals surface area contributed by atoms with Gasteiger partial charge >= 0.3 is 0 Å². The predicted molar refractivity (Wildman–Crippen MR) is 63.4 cm³/mol. The normalized spacial score (nSPS) is 27.0. The summed E-state index contributed by atoms with van der Waals surface area (Å²) in [6.45, 7) is 8.12. The molecule has 0 saturated carbocycles. The average Bonchev–Trinajstić information content (AvgIpc) is 2.14. The van der Waals surface area contributed by atoms with Crippen molar-refractivity contribution < 1.29 is 0 Å². The van der Waals surface area contributed by atoms with E-state index in [0.717, 1.165) is 6.42 Å². The number of hydrogen-bond acceptors (Lipinski definition) is 1. The zero-order chi connectivity index (χ0) is 10.4. The van der Waals surface area contributed by atoms with Crippen molar-refractivity contribution in [3.05, 3.63) is 24.3 Å². The van der Waals surface area contributed by atoms with E-state index in [2.05, 4.69) is 31.8 Å². The van der Waals surface area contributed by atoms with Crippen molar-refractivity contribution in [1.82, 2.24) is 5.32 Å². The lowest BCUT2D eigenvalue weighted by Gasteiger charge is -2.29. The standard InChI is InChI=1S/C13H23N/c1-4-5-7-12-8-6-9-13(14-12)10-11(2)3/h4,10,12-14H,1,5-9H2,2-3H3. The molecule has 1 N–H and O–H groups in total. The van der Waals surface area contributed by atoms with Crippen molar-refractivity contribution in [2.75, 3.05) is 0 Å². The van der Waals surface area contributed by atoms with E-state index < -0.39 is 0 Å². The van der Waals surface area contributed by atoms with Gasteiger partial charge < -0.3 is 5.32 Å². The van der Waals surface area contributed by atoms with Crippen molar-refractivity contribution >= 4 is 0 Å². The fourth-order valence-corrected chi connectivity index (χ4v) is 2.13. The predicted octanol–water partition coefficient (Wildman–Crippen LogP) is 3.43. The fraction of sp³-hybridized carbons (Fsp3) is 0.692. The molecule has 1 aliphatic heterocycles. The highest BCUT2D eigenvalue weighted by Gasteiger charge is 2.18. The van der Waals surface area contributed by atoms with E-state index in [9.17, 15) is 0 Å². The molecule has 0 aromatic heterocycles. The monoisotopic (exact) mass is 193 g/mol. The maximum atomic E-state index is 3.77. The molecule has 1 aliphatic rings. The van der Waals surface area contributed by atoms with Crippen LogP contribution < -0.4 is 5.32 Å². The molecule has 1 nitrogen and oxygen atoms in total. The first-order valence-corrected chi connectivity index (χ1v) is 5.74. The van der Waals surface area contributed by atoms with Gasteiger partial charge in [-0.15, -0.1) is 6.58 Å². The quantitative estimate of drug-likeness (QED) is 0.674. The molecule has 1 rings (SSSR count). The maximum Gasteiger partial charge on any atom is 0.0255 e. The summed E-state index contributed by atoms with van der Waals surface area (Å²) in [7, 11) is 0. The molecule has 1 saturated heterocycles. The van der Waals surface area contributed by atoms with Gasteiger partial charge in [0.2, 0.25) is 0 Å². The van der Waals surface area contributed by atoms with Gasteiger partial charge in [0.15, 0.2) is 0 Å². The third-order valence-electron chi connectivity index (χ3n) is 2.77. The fourth-order valence-electron chi connectivity index (χ4n) is 2.13. The first-order valence-electron chi connectivity index (χ1n) is 5.74. The van der Waals surface area contributed by atoms with Gasteiger partial charge in [-0.05, 0) is 39.5 Å². The second kappa shape index (κ2) is 6.02. The largest absolute Gasteiger partial charge is 0.308 e. The van der Waals surface area contributed by atoms with Crippen LogP contribution in [0.2, 0.25) is 0 Å². The molecule has 0 radical (unpaired) electrons. The van der Waals surface area contributed by atoms with Crippen LogP contribution in [0, 0.1) is 0 Å². The molecule has 0 amide bonds. The summed E-state index contributed by atoms with van der Waals surface area (Å²) < 4.78 is 0. The van der Waals surface area contributed by atoms with Crippen LogP contribution in [0.1, 0.15) is 46.0 Å². The van der Waals surface area contributed by atoms with E-state index in [1.807, 2.05) is 6.08 Å². The van der Waals surface area contributed by atoms with Crippen molar-refractivity contribution in [1.29, 1.82) is 0 Å². The summed E-state index contributed by atoms with van der Waals surface area (Å²) in [4.78, 5) is 0. The summed E-state index contributed by atoms with van der Waals surface area (Å²) in [5, 5.41) is 3.70. The summed E-state index contributed by atoms with van der Waals surface area (Å²) in [6, 6.07) is 1.32. The SMILES string of the molecule is C=CCCC1CCCC(C=C(C)C)N1. The summed E-state index contributed by atoms with van der Waals surface area (Å²) in [5.41, 5.74) is 1.42. The van der Waals surface area contributed by atoms with Gasteiger partial charge in [0.1, 0.15) is 0 Å². The summed E-state index contributed by atoms with van der Waals surface area (Å²) in [5.74, 6) is 0. The van der Waals surface area contributed by atoms with E-state index >= 15 is 0 Å². The minimum Gasteiger partial charge on any atom is -0.308 e. The summed E-state index contributed by atoms with van der Waals surface area (Å²) >= 11 is 0. The van der Waals surface area contributed by atoms with Crippen LogP contribution in [0.5, 0.6) is 0 Å². The summed E-state index contributed by atoms with van der Waals surface area (Å²) in [6.07, 6.45) is 10.8. The molecule has 2 atom stereocenters. The Kier molecular flexibility index (Phi) is 4.95. The van der Waals surface area contributed by atoms with Crippen molar-refractivity contribution in [2.45, 2.75) is 58.0 Å². The highest BCUT2D eigenvalue weighted by atomic mass is 15.0. The Morgan fingerprint density at radius 1 is 1.43 bits per heavy atom. The van der Waals surface area contributed by atoms with E-state index in [1.165, 1.54) is 31.3 Å². The minimum absolute atomic E-state index is 0.614. The Hall–Kier alpha value is -0.560.